The van der Waals surface area contributed by atoms with Gasteiger partial charge >= 0.3 is 34.1 Å². The number of aliphatic carboxylic acids is 4. The van der Waals surface area contributed by atoms with Crippen molar-refractivity contribution in [3.05, 3.63) is 60.2 Å². The van der Waals surface area contributed by atoms with Gasteiger partial charge in [0.1, 0.15) is 0 Å². The van der Waals surface area contributed by atoms with E-state index in [4.69, 9.17) is 39.6 Å². The molecule has 0 atom stereocenters. The molecule has 2 heterocycles. The van der Waals surface area contributed by atoms with E-state index in [0.717, 1.165) is 40.3 Å². The largest absolute Gasteiger partial charge is 2.00 e. The maximum atomic E-state index is 9.97. The van der Waals surface area contributed by atoms with Crippen LogP contribution in [0, 0.1) is 0 Å². The van der Waals surface area contributed by atoms with Crippen LogP contribution in [0.2, 0.25) is 0 Å². The van der Waals surface area contributed by atoms with E-state index in [9.17, 15) is 9.59 Å². The second-order valence-corrected chi connectivity index (χ2v) is 4.77. The first kappa shape index (κ1) is 44.3. The number of nitrogens with zero attached hydrogens (tertiary/aromatic N) is 2. The summed E-state index contributed by atoms with van der Waals surface area (Å²) in [5, 5.41) is 35.6. The molecule has 0 bridgehead atoms. The Morgan fingerprint density at radius 3 is 0.912 bits per heavy atom. The van der Waals surface area contributed by atoms with Gasteiger partial charge in [0.15, 0.2) is 12.6 Å². The third-order valence-electron chi connectivity index (χ3n) is 1.64. The van der Waals surface area contributed by atoms with E-state index in [1.165, 1.54) is 12.4 Å². The van der Waals surface area contributed by atoms with Crippen LogP contribution in [-0.2, 0) is 53.3 Å². The minimum Gasteiger partial charge on any atom is -0.550 e. The van der Waals surface area contributed by atoms with Gasteiger partial charge in [-0.15, -0.1) is 0 Å². The Morgan fingerprint density at radius 1 is 0.618 bits per heavy atom. The number of hydrogen-bond acceptors (Lipinski definition) is 12. The molecule has 0 aliphatic rings. The van der Waals surface area contributed by atoms with E-state index in [-0.39, 0.29) is 34.1 Å². The molecule has 0 fully saturated rings. The molecule has 194 valence electrons. The monoisotopic (exact) mass is 576 g/mol. The molecule has 0 aliphatic heterocycles. The first-order valence-electron chi connectivity index (χ1n) is 8.20. The van der Waals surface area contributed by atoms with E-state index >= 15 is 0 Å². The fourth-order valence-corrected chi connectivity index (χ4v) is 0.891. The van der Waals surface area contributed by atoms with Gasteiger partial charge in [-0.05, 0) is 52.0 Å². The first-order valence-corrected chi connectivity index (χ1v) is 8.20. The number of carboxylic acids is 4. The van der Waals surface area contributed by atoms with Gasteiger partial charge in [0.25, 0.3) is 0 Å². The van der Waals surface area contributed by atoms with Crippen molar-refractivity contribution in [3.8, 4) is 0 Å². The summed E-state index contributed by atoms with van der Waals surface area (Å²) < 4.78 is 0. The molecule has 0 unspecified atom stereocenters. The van der Waals surface area contributed by atoms with E-state index in [1.807, 2.05) is 0 Å². The van der Waals surface area contributed by atoms with Crippen LogP contribution in [-0.4, -0.2) is 46.4 Å². The minimum absolute atomic E-state index is 0. The number of rotatable bonds is 2. The molecule has 0 saturated heterocycles. The predicted octanol–water partition coefficient (Wildman–Crippen LogP) is -3.19. The zero-order chi connectivity index (χ0) is 25.9. The average Bonchev–Trinajstić information content (AvgIpc) is 2.68. The Labute approximate surface area is 217 Å². The standard InChI is InChI=1S/2C6H5NO.4C2H4O2.2Cu/c2*8-5-6-2-1-3-7-4-6;4*1-2(3)4;;/h2*1-5H;4*1H3,(H,3,4);;/q;;;;;;2*+2/p-4. The summed E-state index contributed by atoms with van der Waals surface area (Å²) >= 11 is 0. The smallest absolute Gasteiger partial charge is 0.550 e. The summed E-state index contributed by atoms with van der Waals surface area (Å²) in [6.07, 6.45) is 7.85. The first-order chi connectivity index (χ1) is 14.8. The summed E-state index contributed by atoms with van der Waals surface area (Å²) in [7, 11) is 0. The van der Waals surface area contributed by atoms with Gasteiger partial charge < -0.3 is 39.6 Å². The van der Waals surface area contributed by atoms with Crippen LogP contribution in [0.25, 0.3) is 0 Å². The number of aromatic nitrogens is 2. The topological polar surface area (TPSA) is 220 Å². The maximum absolute atomic E-state index is 9.97. The fraction of sp³-hybridized carbons (Fsp3) is 0.200. The molecule has 0 aromatic carbocycles. The van der Waals surface area contributed by atoms with Crippen LogP contribution < -0.4 is 20.4 Å². The summed E-state index contributed by atoms with van der Waals surface area (Å²) in [6, 6.07) is 6.87. The third-order valence-corrected chi connectivity index (χ3v) is 1.64. The average molecular weight is 577 g/mol. The van der Waals surface area contributed by atoms with Crippen molar-refractivity contribution in [1.29, 1.82) is 0 Å². The zero-order valence-corrected chi connectivity index (χ0v) is 20.2. The maximum Gasteiger partial charge on any atom is 2.00 e. The van der Waals surface area contributed by atoms with Crippen molar-refractivity contribution < 1.29 is 83.3 Å². The molecular weight excluding hydrogens is 555 g/mol. The summed E-state index contributed by atoms with van der Waals surface area (Å²) in [5.41, 5.74) is 1.24. The number of pyridine rings is 2. The van der Waals surface area contributed by atoms with Gasteiger partial charge in [-0.1, -0.05) is 0 Å². The van der Waals surface area contributed by atoms with Crippen molar-refractivity contribution >= 4 is 36.4 Å². The third kappa shape index (κ3) is 79.1. The molecule has 34 heavy (non-hydrogen) atoms. The predicted molar refractivity (Wildman–Crippen MR) is 102 cm³/mol. The van der Waals surface area contributed by atoms with Crippen molar-refractivity contribution in [1.82, 2.24) is 9.97 Å². The molecule has 0 N–H and O–H groups in total. The van der Waals surface area contributed by atoms with Crippen LogP contribution in [0.1, 0.15) is 48.4 Å². The van der Waals surface area contributed by atoms with Gasteiger partial charge in [-0.25, -0.2) is 0 Å². The summed E-state index contributed by atoms with van der Waals surface area (Å²) in [4.78, 5) is 62.9. The normalized spacial score (nSPS) is 6.94. The molecule has 2 radical (unpaired) electrons. The number of carboxylic acid groups (broad SMARTS) is 4. The van der Waals surface area contributed by atoms with Gasteiger partial charge in [-0.2, -0.15) is 0 Å². The minimum atomic E-state index is -1.08. The van der Waals surface area contributed by atoms with Crippen molar-refractivity contribution in [2.75, 3.05) is 0 Å². The van der Waals surface area contributed by atoms with Gasteiger partial charge in [0, 0.05) is 59.8 Å². The molecule has 12 nitrogen and oxygen atoms in total. The van der Waals surface area contributed by atoms with Crippen LogP contribution in [0.5, 0.6) is 0 Å². The Hall–Kier alpha value is -3.44. The summed E-state index contributed by atoms with van der Waals surface area (Å²) in [5.74, 6) is -4.33. The summed E-state index contributed by atoms with van der Waals surface area (Å²) in [6.45, 7) is 3.89. The molecule has 14 heteroatoms. The van der Waals surface area contributed by atoms with Crippen LogP contribution >= 0.6 is 0 Å². The van der Waals surface area contributed by atoms with E-state index in [0.29, 0.717) is 11.1 Å². The van der Waals surface area contributed by atoms with E-state index in [1.54, 1.807) is 36.7 Å². The SMILES string of the molecule is CC(=O)[O-].CC(=O)[O-].CC(=O)[O-].CC(=O)[O-].O=Cc1cccnc1.O=Cc1cccnc1.[Cu+2].[Cu+2]. The van der Waals surface area contributed by atoms with Crippen LogP contribution in [0.3, 0.4) is 0 Å². The van der Waals surface area contributed by atoms with Gasteiger partial charge in [0.2, 0.25) is 0 Å². The number of aldehydes is 2. The Bertz CT molecular complexity index is 685. The quantitative estimate of drug-likeness (QED) is 0.254. The second kappa shape index (κ2) is 34.2. The van der Waals surface area contributed by atoms with Crippen LogP contribution in [0.4, 0.5) is 0 Å². The number of hydrogen-bond donors (Lipinski definition) is 0. The Morgan fingerprint density at radius 2 is 0.824 bits per heavy atom. The Balaban J connectivity index is -0.0000000711. The zero-order valence-electron chi connectivity index (χ0n) is 18.4. The molecular formula is C20H22Cu2N2O10. The van der Waals surface area contributed by atoms with E-state index < -0.39 is 23.9 Å². The molecule has 0 amide bonds. The number of carbonyl (C=O) groups is 6. The Kier molecular flexibility index (Phi) is 44.5. The molecule has 0 spiro atoms. The molecule has 2 aromatic heterocycles. The molecule has 0 aliphatic carbocycles. The fourth-order valence-electron chi connectivity index (χ4n) is 0.891. The molecule has 0 saturated carbocycles. The van der Waals surface area contributed by atoms with Crippen molar-refractivity contribution in [3.63, 3.8) is 0 Å². The van der Waals surface area contributed by atoms with Gasteiger partial charge in [0.05, 0.1) is 0 Å². The van der Waals surface area contributed by atoms with Crippen molar-refractivity contribution in [2.24, 2.45) is 0 Å². The van der Waals surface area contributed by atoms with Crippen molar-refractivity contribution in [2.45, 2.75) is 27.7 Å². The molecule has 2 rings (SSSR count). The van der Waals surface area contributed by atoms with Crippen LogP contribution in [0.15, 0.2) is 49.1 Å². The molecule has 2 aromatic rings. The number of carbonyl (C=O) groups excluding carboxylic acids is 6. The van der Waals surface area contributed by atoms with E-state index in [2.05, 4.69) is 9.97 Å². The van der Waals surface area contributed by atoms with Gasteiger partial charge in [-0.3, -0.25) is 19.6 Å². The second-order valence-electron chi connectivity index (χ2n) is 4.77.